The van der Waals surface area contributed by atoms with Gasteiger partial charge in [0, 0.05) is 5.54 Å². The summed E-state index contributed by atoms with van der Waals surface area (Å²) in [6.45, 7) is 0. The summed E-state index contributed by atoms with van der Waals surface area (Å²) in [6, 6.07) is 2.64. The summed E-state index contributed by atoms with van der Waals surface area (Å²) in [7, 11) is 1.25. The molecule has 82 valence electrons. The van der Waals surface area contributed by atoms with Crippen LogP contribution in [0.25, 0.3) is 0 Å². The third-order valence-electron chi connectivity index (χ3n) is 2.77. The standard InChI is InChI=1S/C11H13F2NO/c1-15-10-8(12)3-2-7(9(10)13)6-11(14)4-5-11/h2-3H,4-6,14H2,1H3. The lowest BCUT2D eigenvalue weighted by molar-refractivity contribution is 0.357. The molecule has 4 heteroatoms. The van der Waals surface area contributed by atoms with Gasteiger partial charge in [-0.2, -0.15) is 0 Å². The van der Waals surface area contributed by atoms with Crippen LogP contribution in [0.15, 0.2) is 12.1 Å². The Kier molecular flexibility index (Phi) is 2.38. The number of hydrogen-bond donors (Lipinski definition) is 1. The molecule has 0 aliphatic heterocycles. The third-order valence-corrected chi connectivity index (χ3v) is 2.77. The van der Waals surface area contributed by atoms with Crippen molar-refractivity contribution < 1.29 is 13.5 Å². The first-order valence-electron chi connectivity index (χ1n) is 4.85. The molecule has 0 spiro atoms. The van der Waals surface area contributed by atoms with E-state index in [1.54, 1.807) is 0 Å². The van der Waals surface area contributed by atoms with E-state index in [2.05, 4.69) is 4.74 Å². The highest BCUT2D eigenvalue weighted by Gasteiger charge is 2.39. The van der Waals surface area contributed by atoms with Crippen molar-refractivity contribution in [2.45, 2.75) is 24.8 Å². The van der Waals surface area contributed by atoms with Crippen molar-refractivity contribution >= 4 is 0 Å². The van der Waals surface area contributed by atoms with E-state index in [4.69, 9.17) is 5.73 Å². The monoisotopic (exact) mass is 213 g/mol. The number of hydrogen-bond acceptors (Lipinski definition) is 2. The van der Waals surface area contributed by atoms with Crippen LogP contribution in [0.4, 0.5) is 8.78 Å². The largest absolute Gasteiger partial charge is 0.491 e. The van der Waals surface area contributed by atoms with Crippen molar-refractivity contribution in [2.75, 3.05) is 7.11 Å². The number of nitrogens with two attached hydrogens (primary N) is 1. The highest BCUT2D eigenvalue weighted by molar-refractivity contribution is 5.34. The van der Waals surface area contributed by atoms with Crippen LogP contribution in [-0.4, -0.2) is 12.6 Å². The van der Waals surface area contributed by atoms with Crippen molar-refractivity contribution in [3.63, 3.8) is 0 Å². The second kappa shape index (κ2) is 3.45. The van der Waals surface area contributed by atoms with Crippen LogP contribution < -0.4 is 10.5 Å². The minimum absolute atomic E-state index is 0.288. The molecule has 0 bridgehead atoms. The molecule has 1 fully saturated rings. The predicted octanol–water partition coefficient (Wildman–Crippen LogP) is 2.01. The Morgan fingerprint density at radius 3 is 2.60 bits per heavy atom. The second-order valence-corrected chi connectivity index (χ2v) is 4.09. The zero-order chi connectivity index (χ0) is 11.1. The van der Waals surface area contributed by atoms with Crippen LogP contribution in [0.1, 0.15) is 18.4 Å². The molecule has 0 amide bonds. The van der Waals surface area contributed by atoms with E-state index in [1.807, 2.05) is 0 Å². The van der Waals surface area contributed by atoms with Gasteiger partial charge >= 0.3 is 0 Å². The number of methoxy groups -OCH3 is 1. The molecule has 1 aromatic rings. The summed E-state index contributed by atoms with van der Waals surface area (Å²) in [5.41, 5.74) is 6.01. The van der Waals surface area contributed by atoms with E-state index in [1.165, 1.54) is 19.2 Å². The number of ether oxygens (including phenoxy) is 1. The van der Waals surface area contributed by atoms with Crippen molar-refractivity contribution in [2.24, 2.45) is 5.73 Å². The van der Waals surface area contributed by atoms with Crippen molar-refractivity contribution in [3.8, 4) is 5.75 Å². The maximum absolute atomic E-state index is 13.7. The van der Waals surface area contributed by atoms with Crippen molar-refractivity contribution in [1.29, 1.82) is 0 Å². The van der Waals surface area contributed by atoms with Gasteiger partial charge in [-0.3, -0.25) is 0 Å². The van der Waals surface area contributed by atoms with Gasteiger partial charge in [0.25, 0.3) is 0 Å². The van der Waals surface area contributed by atoms with E-state index < -0.39 is 11.6 Å². The fourth-order valence-corrected chi connectivity index (χ4v) is 1.61. The Labute approximate surface area is 87.0 Å². The smallest absolute Gasteiger partial charge is 0.190 e. The van der Waals surface area contributed by atoms with Crippen LogP contribution in [-0.2, 0) is 6.42 Å². The number of halogens is 2. The third kappa shape index (κ3) is 1.95. The fraction of sp³-hybridized carbons (Fsp3) is 0.455. The summed E-state index contributed by atoms with van der Waals surface area (Å²) < 4.78 is 31.4. The van der Waals surface area contributed by atoms with Crippen molar-refractivity contribution in [3.05, 3.63) is 29.3 Å². The highest BCUT2D eigenvalue weighted by atomic mass is 19.1. The maximum atomic E-state index is 13.7. The minimum atomic E-state index is -0.680. The quantitative estimate of drug-likeness (QED) is 0.833. The van der Waals surface area contributed by atoms with E-state index in [0.29, 0.717) is 12.0 Å². The lowest BCUT2D eigenvalue weighted by Crippen LogP contribution is -2.25. The zero-order valence-electron chi connectivity index (χ0n) is 8.52. The van der Waals surface area contributed by atoms with Gasteiger partial charge in [0.1, 0.15) is 0 Å². The van der Waals surface area contributed by atoms with E-state index >= 15 is 0 Å². The predicted molar refractivity (Wildman–Crippen MR) is 52.8 cm³/mol. The molecule has 2 N–H and O–H groups in total. The Balaban J connectivity index is 2.31. The summed E-state index contributed by atoms with van der Waals surface area (Å²) in [4.78, 5) is 0. The van der Waals surface area contributed by atoms with Crippen LogP contribution in [0, 0.1) is 11.6 Å². The first-order valence-corrected chi connectivity index (χ1v) is 4.85. The van der Waals surface area contributed by atoms with E-state index in [0.717, 1.165) is 12.8 Å². The molecule has 0 radical (unpaired) electrons. The summed E-state index contributed by atoms with van der Waals surface area (Å²) in [5.74, 6) is -1.63. The van der Waals surface area contributed by atoms with Crippen LogP contribution in [0.2, 0.25) is 0 Å². The Morgan fingerprint density at radius 2 is 2.07 bits per heavy atom. The van der Waals surface area contributed by atoms with Crippen molar-refractivity contribution in [1.82, 2.24) is 0 Å². The average Bonchev–Trinajstić information content (AvgIpc) is 2.90. The minimum Gasteiger partial charge on any atom is -0.491 e. The van der Waals surface area contributed by atoms with E-state index in [-0.39, 0.29) is 11.3 Å². The maximum Gasteiger partial charge on any atom is 0.190 e. The number of benzene rings is 1. The molecule has 1 aliphatic rings. The highest BCUT2D eigenvalue weighted by Crippen LogP contribution is 2.37. The van der Waals surface area contributed by atoms with E-state index in [9.17, 15) is 8.78 Å². The molecule has 1 aliphatic carbocycles. The first-order chi connectivity index (χ1) is 7.06. The molecule has 0 atom stereocenters. The fourth-order valence-electron chi connectivity index (χ4n) is 1.61. The molecule has 2 rings (SSSR count). The van der Waals surface area contributed by atoms with Crippen LogP contribution >= 0.6 is 0 Å². The van der Waals surface area contributed by atoms with Gasteiger partial charge in [-0.15, -0.1) is 0 Å². The Bertz CT molecular complexity index is 388. The van der Waals surface area contributed by atoms with Crippen LogP contribution in [0.5, 0.6) is 5.75 Å². The van der Waals surface area contributed by atoms with Gasteiger partial charge in [-0.25, -0.2) is 8.78 Å². The van der Waals surface area contributed by atoms with Gasteiger partial charge < -0.3 is 10.5 Å². The molecule has 0 heterocycles. The van der Waals surface area contributed by atoms with Crippen LogP contribution in [0.3, 0.4) is 0 Å². The lowest BCUT2D eigenvalue weighted by atomic mass is 10.0. The molecular formula is C11H13F2NO. The number of rotatable bonds is 3. The molecule has 2 nitrogen and oxygen atoms in total. The molecule has 0 aromatic heterocycles. The molecule has 0 saturated heterocycles. The molecule has 1 saturated carbocycles. The summed E-state index contributed by atoms with van der Waals surface area (Å²) >= 11 is 0. The summed E-state index contributed by atoms with van der Waals surface area (Å²) in [5, 5.41) is 0. The van der Waals surface area contributed by atoms with Gasteiger partial charge in [-0.05, 0) is 30.9 Å². The SMILES string of the molecule is COc1c(F)ccc(CC2(N)CC2)c1F. The normalized spacial score (nSPS) is 17.6. The van der Waals surface area contributed by atoms with Gasteiger partial charge in [0.05, 0.1) is 7.11 Å². The second-order valence-electron chi connectivity index (χ2n) is 4.09. The zero-order valence-corrected chi connectivity index (χ0v) is 8.52. The molecule has 15 heavy (non-hydrogen) atoms. The molecular weight excluding hydrogens is 200 g/mol. The van der Waals surface area contributed by atoms with Gasteiger partial charge in [-0.1, -0.05) is 6.07 Å². The average molecular weight is 213 g/mol. The Hall–Kier alpha value is -1.16. The lowest BCUT2D eigenvalue weighted by Gasteiger charge is -2.11. The molecule has 1 aromatic carbocycles. The van der Waals surface area contributed by atoms with Gasteiger partial charge in [0.15, 0.2) is 17.4 Å². The first kappa shape index (κ1) is 10.4. The Morgan fingerprint density at radius 1 is 1.40 bits per heavy atom. The topological polar surface area (TPSA) is 35.2 Å². The summed E-state index contributed by atoms with van der Waals surface area (Å²) in [6.07, 6.45) is 2.23. The van der Waals surface area contributed by atoms with Gasteiger partial charge in [0.2, 0.25) is 0 Å². The molecule has 0 unspecified atom stereocenters.